The monoisotopic (exact) mass is 235 g/mol. The maximum absolute atomic E-state index is 5.80. The fourth-order valence-electron chi connectivity index (χ4n) is 1.55. The summed E-state index contributed by atoms with van der Waals surface area (Å²) in [4.78, 5) is 0. The van der Waals surface area contributed by atoms with Gasteiger partial charge in [0.2, 0.25) is 0 Å². The Hall–Kier alpha value is -1.02. The van der Waals surface area contributed by atoms with Gasteiger partial charge in [0.1, 0.15) is 5.75 Å². The Morgan fingerprint density at radius 3 is 2.71 bits per heavy atom. The first-order valence-electron chi connectivity index (χ1n) is 6.72. The van der Waals surface area contributed by atoms with Gasteiger partial charge in [0.05, 0.1) is 6.61 Å². The average molecular weight is 235 g/mol. The molecule has 0 aliphatic rings. The topological polar surface area (TPSA) is 21.3 Å². The molecule has 0 fully saturated rings. The first-order chi connectivity index (χ1) is 8.27. The molecule has 0 heterocycles. The van der Waals surface area contributed by atoms with Gasteiger partial charge in [-0.15, -0.1) is 0 Å². The molecule has 2 heteroatoms. The van der Waals surface area contributed by atoms with E-state index in [-0.39, 0.29) is 0 Å². The van der Waals surface area contributed by atoms with Crippen molar-refractivity contribution in [2.45, 2.75) is 52.6 Å². The van der Waals surface area contributed by atoms with Crippen LogP contribution in [0.4, 0.5) is 0 Å². The highest BCUT2D eigenvalue weighted by molar-refractivity contribution is 5.33. The molecule has 0 saturated carbocycles. The van der Waals surface area contributed by atoms with Crippen molar-refractivity contribution < 1.29 is 4.74 Å². The lowest BCUT2D eigenvalue weighted by atomic mass is 10.2. The lowest BCUT2D eigenvalue weighted by Gasteiger charge is -2.14. The molecule has 0 saturated heterocycles. The number of hydrogen-bond acceptors (Lipinski definition) is 2. The van der Waals surface area contributed by atoms with Crippen LogP contribution in [0.1, 0.15) is 45.6 Å². The third kappa shape index (κ3) is 5.22. The van der Waals surface area contributed by atoms with Crippen LogP contribution in [0, 0.1) is 0 Å². The van der Waals surface area contributed by atoms with Crippen molar-refractivity contribution in [2.24, 2.45) is 0 Å². The molecule has 0 aliphatic heterocycles. The Morgan fingerprint density at radius 1 is 1.24 bits per heavy atom. The molecule has 0 amide bonds. The molecule has 0 bridgehead atoms. The maximum atomic E-state index is 5.80. The van der Waals surface area contributed by atoms with Gasteiger partial charge in [-0.1, -0.05) is 38.5 Å². The summed E-state index contributed by atoms with van der Waals surface area (Å²) in [5.41, 5.74) is 1.25. The number of unbranched alkanes of at least 4 members (excludes halogenated alkanes) is 1. The van der Waals surface area contributed by atoms with Gasteiger partial charge in [-0.2, -0.15) is 0 Å². The van der Waals surface area contributed by atoms with Crippen molar-refractivity contribution >= 4 is 0 Å². The zero-order chi connectivity index (χ0) is 12.5. The summed E-state index contributed by atoms with van der Waals surface area (Å²) in [6, 6.07) is 8.85. The summed E-state index contributed by atoms with van der Waals surface area (Å²) >= 11 is 0. The number of nitrogens with one attached hydrogen (secondary N) is 1. The van der Waals surface area contributed by atoms with Crippen molar-refractivity contribution in [2.75, 3.05) is 6.61 Å². The van der Waals surface area contributed by atoms with Crippen LogP contribution in [0.15, 0.2) is 24.3 Å². The van der Waals surface area contributed by atoms with E-state index in [1.54, 1.807) is 0 Å². The largest absolute Gasteiger partial charge is 0.493 e. The van der Waals surface area contributed by atoms with Gasteiger partial charge in [0.15, 0.2) is 0 Å². The predicted octanol–water partition coefficient (Wildman–Crippen LogP) is 3.75. The van der Waals surface area contributed by atoms with E-state index in [2.05, 4.69) is 44.3 Å². The lowest BCUT2D eigenvalue weighted by Crippen LogP contribution is -2.24. The standard InChI is InChI=1S/C15H25NO/c1-4-6-11-17-15-10-8-7-9-14(15)12-16-13(3)5-2/h7-10,13,16H,4-6,11-12H2,1-3H3/t13-/m0/s1. The van der Waals surface area contributed by atoms with Crippen LogP contribution in [0.3, 0.4) is 0 Å². The molecule has 96 valence electrons. The van der Waals surface area contributed by atoms with Crippen molar-refractivity contribution in [3.8, 4) is 5.75 Å². The van der Waals surface area contributed by atoms with Gasteiger partial charge in [0.25, 0.3) is 0 Å². The first-order valence-corrected chi connectivity index (χ1v) is 6.72. The molecule has 0 aromatic heterocycles. The minimum absolute atomic E-state index is 0.554. The van der Waals surface area contributed by atoms with E-state index < -0.39 is 0 Å². The van der Waals surface area contributed by atoms with E-state index in [4.69, 9.17) is 4.74 Å². The molecule has 1 atom stereocenters. The quantitative estimate of drug-likeness (QED) is 0.693. The maximum Gasteiger partial charge on any atom is 0.123 e. The number of ether oxygens (including phenoxy) is 1. The Kier molecular flexibility index (Phi) is 6.71. The minimum atomic E-state index is 0.554. The molecule has 0 unspecified atom stereocenters. The number of benzene rings is 1. The van der Waals surface area contributed by atoms with Crippen molar-refractivity contribution in [3.05, 3.63) is 29.8 Å². The molecular formula is C15H25NO. The number of hydrogen-bond donors (Lipinski definition) is 1. The molecule has 1 rings (SSSR count). The summed E-state index contributed by atoms with van der Waals surface area (Å²) in [7, 11) is 0. The summed E-state index contributed by atoms with van der Waals surface area (Å²) < 4.78 is 5.80. The molecule has 1 aromatic carbocycles. The van der Waals surface area contributed by atoms with Crippen LogP contribution in [0.25, 0.3) is 0 Å². The van der Waals surface area contributed by atoms with Gasteiger partial charge in [-0.05, 0) is 25.8 Å². The van der Waals surface area contributed by atoms with E-state index in [0.717, 1.165) is 31.7 Å². The third-order valence-corrected chi connectivity index (χ3v) is 2.98. The minimum Gasteiger partial charge on any atom is -0.493 e. The predicted molar refractivity (Wildman–Crippen MR) is 73.4 cm³/mol. The molecule has 1 N–H and O–H groups in total. The molecule has 1 aromatic rings. The molecule has 0 spiro atoms. The molecule has 0 radical (unpaired) electrons. The Morgan fingerprint density at radius 2 is 2.00 bits per heavy atom. The fourth-order valence-corrected chi connectivity index (χ4v) is 1.55. The molecule has 0 aliphatic carbocycles. The van der Waals surface area contributed by atoms with E-state index in [0.29, 0.717) is 6.04 Å². The fraction of sp³-hybridized carbons (Fsp3) is 0.600. The Balaban J connectivity index is 2.51. The number of rotatable bonds is 8. The molecule has 2 nitrogen and oxygen atoms in total. The third-order valence-electron chi connectivity index (χ3n) is 2.98. The van der Waals surface area contributed by atoms with Gasteiger partial charge in [0, 0.05) is 18.2 Å². The summed E-state index contributed by atoms with van der Waals surface area (Å²) in [6.07, 6.45) is 3.44. The number of para-hydroxylation sites is 1. The van der Waals surface area contributed by atoms with Crippen molar-refractivity contribution in [3.63, 3.8) is 0 Å². The summed E-state index contributed by atoms with van der Waals surface area (Å²) in [5, 5.41) is 3.50. The van der Waals surface area contributed by atoms with Gasteiger partial charge in [-0.3, -0.25) is 0 Å². The van der Waals surface area contributed by atoms with E-state index >= 15 is 0 Å². The van der Waals surface area contributed by atoms with Crippen LogP contribution in [-0.4, -0.2) is 12.6 Å². The second-order valence-electron chi connectivity index (χ2n) is 4.50. The second kappa shape index (κ2) is 8.13. The lowest BCUT2D eigenvalue weighted by molar-refractivity contribution is 0.305. The van der Waals surface area contributed by atoms with Gasteiger partial charge < -0.3 is 10.1 Å². The van der Waals surface area contributed by atoms with Crippen LogP contribution in [-0.2, 0) is 6.54 Å². The Bertz CT molecular complexity index is 312. The van der Waals surface area contributed by atoms with Crippen LogP contribution < -0.4 is 10.1 Å². The SMILES string of the molecule is CCCCOc1ccccc1CN[C@@H](C)CC. The highest BCUT2D eigenvalue weighted by Crippen LogP contribution is 2.18. The average Bonchev–Trinajstić information content (AvgIpc) is 2.37. The highest BCUT2D eigenvalue weighted by atomic mass is 16.5. The van der Waals surface area contributed by atoms with Crippen LogP contribution >= 0.6 is 0 Å². The molecule has 17 heavy (non-hydrogen) atoms. The zero-order valence-corrected chi connectivity index (χ0v) is 11.3. The normalized spacial score (nSPS) is 12.4. The molecular weight excluding hydrogens is 210 g/mol. The van der Waals surface area contributed by atoms with Crippen molar-refractivity contribution in [1.29, 1.82) is 0 Å². The van der Waals surface area contributed by atoms with E-state index in [9.17, 15) is 0 Å². The van der Waals surface area contributed by atoms with E-state index in [1.165, 1.54) is 12.0 Å². The van der Waals surface area contributed by atoms with E-state index in [1.807, 2.05) is 6.07 Å². The summed E-state index contributed by atoms with van der Waals surface area (Å²) in [6.45, 7) is 8.29. The smallest absolute Gasteiger partial charge is 0.123 e. The second-order valence-corrected chi connectivity index (χ2v) is 4.50. The summed E-state index contributed by atoms with van der Waals surface area (Å²) in [5.74, 6) is 1.02. The Labute approximate surface area is 105 Å². The van der Waals surface area contributed by atoms with Gasteiger partial charge >= 0.3 is 0 Å². The highest BCUT2D eigenvalue weighted by Gasteiger charge is 2.04. The van der Waals surface area contributed by atoms with Crippen LogP contribution in [0.5, 0.6) is 5.75 Å². The van der Waals surface area contributed by atoms with Crippen molar-refractivity contribution in [1.82, 2.24) is 5.32 Å². The van der Waals surface area contributed by atoms with Crippen LogP contribution in [0.2, 0.25) is 0 Å². The zero-order valence-electron chi connectivity index (χ0n) is 11.3. The first kappa shape index (κ1) is 14.0. The van der Waals surface area contributed by atoms with Gasteiger partial charge in [-0.25, -0.2) is 0 Å².